The standard InChI is InChI=1S/C13H17FO3S/c14-11-5-4-6-12(9-11)18(16,17)10-13(15)7-2-1-3-8-13/h4-6,9,15H,1-3,7-8,10H2. The minimum Gasteiger partial charge on any atom is -0.389 e. The van der Waals surface area contributed by atoms with Gasteiger partial charge in [-0.1, -0.05) is 25.3 Å². The fraction of sp³-hybridized carbons (Fsp3) is 0.538. The van der Waals surface area contributed by atoms with Crippen LogP contribution in [0.4, 0.5) is 4.39 Å². The molecule has 1 fully saturated rings. The Hall–Kier alpha value is -0.940. The summed E-state index contributed by atoms with van der Waals surface area (Å²) in [7, 11) is -3.63. The molecule has 0 amide bonds. The Balaban J connectivity index is 2.21. The van der Waals surface area contributed by atoms with Crippen LogP contribution in [0.1, 0.15) is 32.1 Å². The van der Waals surface area contributed by atoms with Gasteiger partial charge in [0.2, 0.25) is 0 Å². The molecule has 0 aliphatic heterocycles. The predicted octanol–water partition coefficient (Wildman–Crippen LogP) is 2.29. The van der Waals surface area contributed by atoms with Crippen LogP contribution in [0, 0.1) is 5.82 Å². The van der Waals surface area contributed by atoms with Crippen LogP contribution in [-0.4, -0.2) is 24.9 Å². The maximum Gasteiger partial charge on any atom is 0.181 e. The minimum absolute atomic E-state index is 0.0542. The van der Waals surface area contributed by atoms with Gasteiger partial charge in [0, 0.05) is 0 Å². The topological polar surface area (TPSA) is 54.4 Å². The van der Waals surface area contributed by atoms with Gasteiger partial charge < -0.3 is 5.11 Å². The maximum atomic E-state index is 13.0. The van der Waals surface area contributed by atoms with Gasteiger partial charge in [0.05, 0.1) is 16.2 Å². The second-order valence-corrected chi connectivity index (χ2v) is 6.99. The molecular weight excluding hydrogens is 255 g/mol. The number of halogens is 1. The molecule has 1 aromatic rings. The number of rotatable bonds is 3. The van der Waals surface area contributed by atoms with Crippen LogP contribution < -0.4 is 0 Å². The highest BCUT2D eigenvalue weighted by Gasteiger charge is 2.35. The van der Waals surface area contributed by atoms with E-state index >= 15 is 0 Å². The van der Waals surface area contributed by atoms with Crippen LogP contribution in [0.5, 0.6) is 0 Å². The molecule has 1 aliphatic carbocycles. The van der Waals surface area contributed by atoms with E-state index in [1.165, 1.54) is 18.2 Å². The lowest BCUT2D eigenvalue weighted by molar-refractivity contribution is 0.0257. The van der Waals surface area contributed by atoms with E-state index in [9.17, 15) is 17.9 Å². The number of aliphatic hydroxyl groups is 1. The lowest BCUT2D eigenvalue weighted by atomic mass is 9.86. The predicted molar refractivity (Wildman–Crippen MR) is 66.5 cm³/mol. The summed E-state index contributed by atoms with van der Waals surface area (Å²) in [5.74, 6) is -0.893. The summed E-state index contributed by atoms with van der Waals surface area (Å²) in [5, 5.41) is 10.3. The normalized spacial score (nSPS) is 19.7. The van der Waals surface area contributed by atoms with Crippen molar-refractivity contribution in [1.82, 2.24) is 0 Å². The molecule has 0 bridgehead atoms. The first-order valence-corrected chi connectivity index (χ1v) is 7.77. The van der Waals surface area contributed by atoms with Crippen LogP contribution in [-0.2, 0) is 9.84 Å². The molecule has 5 heteroatoms. The van der Waals surface area contributed by atoms with E-state index in [2.05, 4.69) is 0 Å². The fourth-order valence-electron chi connectivity index (χ4n) is 2.45. The molecular formula is C13H17FO3S. The summed E-state index contributed by atoms with van der Waals surface area (Å²) in [6.45, 7) is 0. The molecule has 0 radical (unpaired) electrons. The molecule has 3 nitrogen and oxygen atoms in total. The van der Waals surface area contributed by atoms with Gasteiger partial charge in [0.1, 0.15) is 5.82 Å². The minimum atomic E-state index is -3.63. The second-order valence-electron chi connectivity index (χ2n) is 5.00. The Labute approximate surface area is 107 Å². The van der Waals surface area contributed by atoms with Crippen LogP contribution in [0.3, 0.4) is 0 Å². The molecule has 18 heavy (non-hydrogen) atoms. The molecule has 1 aromatic carbocycles. The monoisotopic (exact) mass is 272 g/mol. The number of hydrogen-bond acceptors (Lipinski definition) is 3. The van der Waals surface area contributed by atoms with Crippen LogP contribution in [0.25, 0.3) is 0 Å². The molecule has 0 saturated heterocycles. The summed E-state index contributed by atoms with van der Waals surface area (Å²) in [4.78, 5) is -0.0542. The molecule has 1 aliphatic rings. The van der Waals surface area contributed by atoms with E-state index < -0.39 is 21.3 Å². The van der Waals surface area contributed by atoms with Gasteiger partial charge in [-0.05, 0) is 31.0 Å². The van der Waals surface area contributed by atoms with E-state index in [1.54, 1.807) is 0 Å². The van der Waals surface area contributed by atoms with E-state index in [0.29, 0.717) is 12.8 Å². The molecule has 0 unspecified atom stereocenters. The van der Waals surface area contributed by atoms with Crippen LogP contribution in [0.15, 0.2) is 29.2 Å². The Bertz CT molecular complexity index is 519. The molecule has 1 N–H and O–H groups in total. The summed E-state index contributed by atoms with van der Waals surface area (Å²) < 4.78 is 37.3. The summed E-state index contributed by atoms with van der Waals surface area (Å²) in [6, 6.07) is 4.94. The number of benzene rings is 1. The average Bonchev–Trinajstić information content (AvgIpc) is 2.28. The SMILES string of the molecule is O=S(=O)(CC1(O)CCCCC1)c1cccc(F)c1. The first-order chi connectivity index (χ1) is 8.41. The van der Waals surface area contributed by atoms with E-state index in [0.717, 1.165) is 25.3 Å². The summed E-state index contributed by atoms with van der Waals surface area (Å²) in [5.41, 5.74) is -1.15. The molecule has 100 valence electrons. The van der Waals surface area contributed by atoms with Crippen molar-refractivity contribution in [2.45, 2.75) is 42.6 Å². The van der Waals surface area contributed by atoms with Gasteiger partial charge in [-0.25, -0.2) is 12.8 Å². The largest absolute Gasteiger partial charge is 0.389 e. The summed E-state index contributed by atoms with van der Waals surface area (Å²) in [6.07, 6.45) is 3.72. The molecule has 0 spiro atoms. The fourth-order valence-corrected chi connectivity index (χ4v) is 4.19. The van der Waals surface area contributed by atoms with Gasteiger partial charge in [-0.2, -0.15) is 0 Å². The van der Waals surface area contributed by atoms with Crippen molar-refractivity contribution >= 4 is 9.84 Å². The van der Waals surface area contributed by atoms with E-state index in [4.69, 9.17) is 0 Å². The van der Waals surface area contributed by atoms with Gasteiger partial charge in [-0.15, -0.1) is 0 Å². The van der Waals surface area contributed by atoms with E-state index in [-0.39, 0.29) is 10.6 Å². The molecule has 0 aromatic heterocycles. The van der Waals surface area contributed by atoms with Gasteiger partial charge in [0.25, 0.3) is 0 Å². The first-order valence-electron chi connectivity index (χ1n) is 6.12. The first kappa shape index (κ1) is 13.5. The smallest absolute Gasteiger partial charge is 0.181 e. The lowest BCUT2D eigenvalue weighted by Gasteiger charge is -2.31. The van der Waals surface area contributed by atoms with Crippen LogP contribution in [0.2, 0.25) is 0 Å². The van der Waals surface area contributed by atoms with Crippen molar-refractivity contribution in [3.05, 3.63) is 30.1 Å². The highest BCUT2D eigenvalue weighted by atomic mass is 32.2. The second kappa shape index (κ2) is 4.97. The Morgan fingerprint density at radius 1 is 1.22 bits per heavy atom. The van der Waals surface area contributed by atoms with Crippen molar-refractivity contribution in [3.63, 3.8) is 0 Å². The molecule has 0 atom stereocenters. The van der Waals surface area contributed by atoms with Gasteiger partial charge in [-0.3, -0.25) is 0 Å². The van der Waals surface area contributed by atoms with Crippen molar-refractivity contribution in [3.8, 4) is 0 Å². The zero-order chi connectivity index (χ0) is 13.2. The van der Waals surface area contributed by atoms with Crippen LogP contribution >= 0.6 is 0 Å². The summed E-state index contributed by atoms with van der Waals surface area (Å²) >= 11 is 0. The average molecular weight is 272 g/mol. The van der Waals surface area contributed by atoms with Crippen molar-refractivity contribution in [2.24, 2.45) is 0 Å². The van der Waals surface area contributed by atoms with Crippen molar-refractivity contribution in [1.29, 1.82) is 0 Å². The third kappa shape index (κ3) is 3.09. The molecule has 0 heterocycles. The lowest BCUT2D eigenvalue weighted by Crippen LogP contribution is -2.39. The highest BCUT2D eigenvalue weighted by molar-refractivity contribution is 7.91. The van der Waals surface area contributed by atoms with Crippen molar-refractivity contribution < 1.29 is 17.9 Å². The Morgan fingerprint density at radius 2 is 1.89 bits per heavy atom. The third-order valence-electron chi connectivity index (χ3n) is 3.40. The zero-order valence-electron chi connectivity index (χ0n) is 10.1. The maximum absolute atomic E-state index is 13.0. The highest BCUT2D eigenvalue weighted by Crippen LogP contribution is 2.31. The number of hydrogen-bond donors (Lipinski definition) is 1. The van der Waals surface area contributed by atoms with Gasteiger partial charge in [0.15, 0.2) is 9.84 Å². The zero-order valence-corrected chi connectivity index (χ0v) is 10.9. The Kier molecular flexibility index (Phi) is 3.73. The van der Waals surface area contributed by atoms with Crippen molar-refractivity contribution in [2.75, 3.05) is 5.75 Å². The van der Waals surface area contributed by atoms with E-state index in [1.807, 2.05) is 0 Å². The molecule has 2 rings (SSSR count). The van der Waals surface area contributed by atoms with Gasteiger partial charge >= 0.3 is 0 Å². The quantitative estimate of drug-likeness (QED) is 0.918. The third-order valence-corrected chi connectivity index (χ3v) is 5.29. The molecule has 1 saturated carbocycles. The Morgan fingerprint density at radius 3 is 2.50 bits per heavy atom. The number of sulfone groups is 1.